The Morgan fingerprint density at radius 3 is 2.09 bits per heavy atom. The Labute approximate surface area is 65.6 Å². The van der Waals surface area contributed by atoms with Gasteiger partial charge in [0, 0.05) is 0 Å². The first-order valence-electron chi connectivity index (χ1n) is 3.32. The van der Waals surface area contributed by atoms with Crippen LogP contribution in [0.25, 0.3) is 0 Å². The van der Waals surface area contributed by atoms with Gasteiger partial charge in [-0.1, -0.05) is 20.8 Å². The number of carboxylic acids is 1. The third-order valence-corrected chi connectivity index (χ3v) is 1.35. The molecule has 0 aliphatic rings. The summed E-state index contributed by atoms with van der Waals surface area (Å²) in [7, 11) is 0. The first kappa shape index (κ1) is 9.94. The number of rotatable bonds is 3. The van der Waals surface area contributed by atoms with Crippen molar-refractivity contribution in [3.8, 4) is 0 Å². The molecule has 0 rings (SSSR count). The molecule has 1 amide bonds. The zero-order valence-corrected chi connectivity index (χ0v) is 6.92. The van der Waals surface area contributed by atoms with Crippen LogP contribution >= 0.6 is 0 Å². The summed E-state index contributed by atoms with van der Waals surface area (Å²) in [4.78, 5) is 20.5. The van der Waals surface area contributed by atoms with Crippen molar-refractivity contribution in [2.75, 3.05) is 0 Å². The Kier molecular flexibility index (Phi) is 3.04. The highest BCUT2D eigenvalue weighted by atomic mass is 16.4. The van der Waals surface area contributed by atoms with Gasteiger partial charge in [0.2, 0.25) is 6.41 Å². The molecule has 11 heavy (non-hydrogen) atoms. The first-order valence-corrected chi connectivity index (χ1v) is 3.32. The predicted molar refractivity (Wildman–Crippen MR) is 40.1 cm³/mol. The molecule has 2 N–H and O–H groups in total. The zero-order valence-electron chi connectivity index (χ0n) is 6.92. The minimum Gasteiger partial charge on any atom is -0.480 e. The molecular weight excluding hydrogens is 146 g/mol. The Morgan fingerprint density at radius 1 is 1.55 bits per heavy atom. The van der Waals surface area contributed by atoms with Gasteiger partial charge in [0.25, 0.3) is 0 Å². The quantitative estimate of drug-likeness (QED) is 0.579. The SMILES string of the molecule is CC(C)(C)[C@H](NC=O)C(=O)O. The van der Waals surface area contributed by atoms with Gasteiger partial charge in [0.15, 0.2) is 0 Å². The normalized spacial score (nSPS) is 13.7. The van der Waals surface area contributed by atoms with Crippen LogP contribution in [0.15, 0.2) is 0 Å². The van der Waals surface area contributed by atoms with Gasteiger partial charge in [-0.15, -0.1) is 0 Å². The van der Waals surface area contributed by atoms with E-state index in [1.807, 2.05) is 0 Å². The van der Waals surface area contributed by atoms with Crippen molar-refractivity contribution in [3.05, 3.63) is 0 Å². The highest BCUT2D eigenvalue weighted by Gasteiger charge is 2.30. The van der Waals surface area contributed by atoms with Gasteiger partial charge in [-0.2, -0.15) is 0 Å². The van der Waals surface area contributed by atoms with Crippen LogP contribution in [0.4, 0.5) is 0 Å². The smallest absolute Gasteiger partial charge is 0.326 e. The number of carboxylic acid groups (broad SMARTS) is 1. The van der Waals surface area contributed by atoms with E-state index in [1.165, 1.54) is 0 Å². The molecule has 0 fully saturated rings. The largest absolute Gasteiger partial charge is 0.480 e. The number of aliphatic carboxylic acids is 1. The number of hydrogen-bond acceptors (Lipinski definition) is 2. The second kappa shape index (κ2) is 3.37. The summed E-state index contributed by atoms with van der Waals surface area (Å²) >= 11 is 0. The molecule has 0 saturated heterocycles. The van der Waals surface area contributed by atoms with Crippen molar-refractivity contribution in [1.82, 2.24) is 5.32 Å². The summed E-state index contributed by atoms with van der Waals surface area (Å²) in [6.45, 7) is 5.26. The molecule has 1 atom stereocenters. The first-order chi connectivity index (χ1) is 4.89. The summed E-state index contributed by atoms with van der Waals surface area (Å²) in [5, 5.41) is 10.9. The summed E-state index contributed by atoms with van der Waals surface area (Å²) in [6, 6.07) is -0.819. The fourth-order valence-corrected chi connectivity index (χ4v) is 0.760. The van der Waals surface area contributed by atoms with Gasteiger partial charge < -0.3 is 10.4 Å². The summed E-state index contributed by atoms with van der Waals surface area (Å²) < 4.78 is 0. The van der Waals surface area contributed by atoms with Crippen LogP contribution < -0.4 is 5.32 Å². The van der Waals surface area contributed by atoms with E-state index in [1.54, 1.807) is 20.8 Å². The van der Waals surface area contributed by atoms with Gasteiger partial charge >= 0.3 is 5.97 Å². The van der Waals surface area contributed by atoms with E-state index in [4.69, 9.17) is 5.11 Å². The van der Waals surface area contributed by atoms with E-state index >= 15 is 0 Å². The molecule has 0 aromatic rings. The van der Waals surface area contributed by atoms with Crippen LogP contribution in [0.3, 0.4) is 0 Å². The lowest BCUT2D eigenvalue weighted by atomic mass is 9.87. The number of carbonyl (C=O) groups is 2. The van der Waals surface area contributed by atoms with Gasteiger partial charge in [0.1, 0.15) is 6.04 Å². The van der Waals surface area contributed by atoms with E-state index in [2.05, 4.69) is 5.32 Å². The molecule has 4 heteroatoms. The lowest BCUT2D eigenvalue weighted by Gasteiger charge is -2.25. The van der Waals surface area contributed by atoms with E-state index in [0.29, 0.717) is 6.41 Å². The maximum Gasteiger partial charge on any atom is 0.326 e. The topological polar surface area (TPSA) is 66.4 Å². The third-order valence-electron chi connectivity index (χ3n) is 1.35. The van der Waals surface area contributed by atoms with Crippen molar-refractivity contribution in [1.29, 1.82) is 0 Å². The summed E-state index contributed by atoms with van der Waals surface area (Å²) in [6.07, 6.45) is 0.407. The number of nitrogens with one attached hydrogen (secondary N) is 1. The second-order valence-corrected chi connectivity index (χ2v) is 3.42. The number of amides is 1. The average Bonchev–Trinajstić information content (AvgIpc) is 1.79. The maximum absolute atomic E-state index is 10.5. The second-order valence-electron chi connectivity index (χ2n) is 3.42. The standard InChI is InChI=1S/C7H13NO3/c1-7(2,3)5(6(10)11)8-4-9/h4-5H,1-3H3,(H,8,9)(H,10,11)/t5-/m1/s1. The van der Waals surface area contributed by atoms with Crippen molar-refractivity contribution in [2.24, 2.45) is 5.41 Å². The molecule has 4 nitrogen and oxygen atoms in total. The molecule has 0 unspecified atom stereocenters. The minimum atomic E-state index is -1.01. The van der Waals surface area contributed by atoms with E-state index in [-0.39, 0.29) is 0 Å². The fourth-order valence-electron chi connectivity index (χ4n) is 0.760. The highest BCUT2D eigenvalue weighted by Crippen LogP contribution is 2.18. The van der Waals surface area contributed by atoms with Crippen LogP contribution in [0.1, 0.15) is 20.8 Å². The van der Waals surface area contributed by atoms with Crippen LogP contribution in [-0.2, 0) is 9.59 Å². The molecule has 0 aliphatic carbocycles. The molecule has 0 spiro atoms. The number of carbonyl (C=O) groups excluding carboxylic acids is 1. The Morgan fingerprint density at radius 2 is 2.00 bits per heavy atom. The molecule has 0 aromatic heterocycles. The van der Waals surface area contributed by atoms with Gasteiger partial charge in [0.05, 0.1) is 0 Å². The molecule has 0 saturated carbocycles. The van der Waals surface area contributed by atoms with E-state index in [0.717, 1.165) is 0 Å². The van der Waals surface area contributed by atoms with Crippen molar-refractivity contribution in [3.63, 3.8) is 0 Å². The average molecular weight is 159 g/mol. The highest BCUT2D eigenvalue weighted by molar-refractivity contribution is 5.77. The van der Waals surface area contributed by atoms with Crippen molar-refractivity contribution < 1.29 is 14.7 Å². The van der Waals surface area contributed by atoms with Gasteiger partial charge in [-0.3, -0.25) is 4.79 Å². The molecule has 64 valence electrons. The third kappa shape index (κ3) is 3.02. The predicted octanol–water partition coefficient (Wildman–Crippen LogP) is 0.232. The van der Waals surface area contributed by atoms with Crippen molar-refractivity contribution in [2.45, 2.75) is 26.8 Å². The van der Waals surface area contributed by atoms with Crippen LogP contribution in [0.5, 0.6) is 0 Å². The molecular formula is C7H13NO3. The molecule has 0 aromatic carbocycles. The number of hydrogen-bond donors (Lipinski definition) is 2. The molecule has 0 bridgehead atoms. The lowest BCUT2D eigenvalue weighted by molar-refractivity contribution is -0.143. The van der Waals surface area contributed by atoms with Crippen molar-refractivity contribution >= 4 is 12.4 Å². The summed E-state index contributed by atoms with van der Waals surface area (Å²) in [5.74, 6) is -1.01. The van der Waals surface area contributed by atoms with E-state index < -0.39 is 17.4 Å². The Bertz CT molecular complexity index is 160. The molecule has 0 radical (unpaired) electrons. The lowest BCUT2D eigenvalue weighted by Crippen LogP contribution is -2.45. The Hall–Kier alpha value is -1.06. The monoisotopic (exact) mass is 159 g/mol. The summed E-state index contributed by atoms with van der Waals surface area (Å²) in [5.41, 5.74) is -0.452. The van der Waals surface area contributed by atoms with Crippen LogP contribution in [-0.4, -0.2) is 23.5 Å². The van der Waals surface area contributed by atoms with Gasteiger partial charge in [-0.25, -0.2) is 4.79 Å². The fraction of sp³-hybridized carbons (Fsp3) is 0.714. The van der Waals surface area contributed by atoms with E-state index in [9.17, 15) is 9.59 Å². The zero-order chi connectivity index (χ0) is 9.07. The van der Waals surface area contributed by atoms with Crippen LogP contribution in [0, 0.1) is 5.41 Å². The van der Waals surface area contributed by atoms with Crippen LogP contribution in [0.2, 0.25) is 0 Å². The Balaban J connectivity index is 4.34. The van der Waals surface area contributed by atoms with Gasteiger partial charge in [-0.05, 0) is 5.41 Å². The molecule has 0 heterocycles. The minimum absolute atomic E-state index is 0.407. The maximum atomic E-state index is 10.5. The molecule has 0 aliphatic heterocycles.